The van der Waals surface area contributed by atoms with Gasteiger partial charge in [-0.2, -0.15) is 0 Å². The van der Waals surface area contributed by atoms with Crippen molar-refractivity contribution in [3.05, 3.63) is 60.8 Å². The molecule has 0 aromatic rings. The smallest absolute Gasteiger partial charge is 0.331 e. The molecule has 45 heavy (non-hydrogen) atoms. The molecule has 5 N–H and O–H groups in total. The summed E-state index contributed by atoms with van der Waals surface area (Å²) < 4.78 is 24.4. The maximum absolute atomic E-state index is 12.4. The first-order valence-corrected chi connectivity index (χ1v) is 11.5. The summed E-state index contributed by atoms with van der Waals surface area (Å²) in [7, 11) is 0. The molecule has 0 saturated carbocycles. The van der Waals surface area contributed by atoms with Crippen LogP contribution in [0.2, 0.25) is 0 Å². The third-order valence-corrected chi connectivity index (χ3v) is 4.11. The minimum Gasteiger partial charge on any atom is -0.478 e. The SMILES string of the molecule is O=C(O)C=CC(=O)OC[C@H](OC(=O)C=CC(=O)O)C(OC(=O)C=CC(=O)O)[C@@H](COC(=O)C=CC(=O)O)OC(=O)C=CC(=O)O. The van der Waals surface area contributed by atoms with Crippen molar-refractivity contribution in [3.63, 3.8) is 0 Å². The maximum atomic E-state index is 12.4. The number of carbonyl (C=O) groups is 10. The van der Waals surface area contributed by atoms with E-state index in [1.807, 2.05) is 0 Å². The fraction of sp³-hybridized carbons (Fsp3) is 0.200. The Labute approximate surface area is 249 Å². The molecule has 0 amide bonds. The Balaban J connectivity index is 6.86. The molecular formula is C25H22O20. The molecule has 0 heterocycles. The van der Waals surface area contributed by atoms with Gasteiger partial charge in [-0.05, 0) is 0 Å². The predicted octanol–water partition coefficient (Wildman–Crippen LogP) is -1.99. The Kier molecular flexibility index (Phi) is 17.3. The van der Waals surface area contributed by atoms with Crippen LogP contribution in [-0.2, 0) is 71.6 Å². The summed E-state index contributed by atoms with van der Waals surface area (Å²) in [5, 5.41) is 43.6. The van der Waals surface area contributed by atoms with Gasteiger partial charge in [-0.3, -0.25) is 0 Å². The van der Waals surface area contributed by atoms with Gasteiger partial charge in [0, 0.05) is 60.8 Å². The van der Waals surface area contributed by atoms with Gasteiger partial charge in [-0.1, -0.05) is 0 Å². The van der Waals surface area contributed by atoms with Gasteiger partial charge in [-0.15, -0.1) is 0 Å². The highest BCUT2D eigenvalue weighted by Crippen LogP contribution is 2.17. The normalized spacial score (nSPS) is 13.2. The van der Waals surface area contributed by atoms with Crippen molar-refractivity contribution < 1.29 is 97.2 Å². The lowest BCUT2D eigenvalue weighted by Gasteiger charge is -2.31. The lowest BCUT2D eigenvalue weighted by Crippen LogP contribution is -2.49. The van der Waals surface area contributed by atoms with E-state index in [2.05, 4.69) is 0 Å². The summed E-state index contributed by atoms with van der Waals surface area (Å²) in [5.41, 5.74) is 0. The van der Waals surface area contributed by atoms with Crippen molar-refractivity contribution in [2.24, 2.45) is 0 Å². The van der Waals surface area contributed by atoms with E-state index in [-0.39, 0.29) is 18.2 Å². The van der Waals surface area contributed by atoms with Crippen LogP contribution < -0.4 is 0 Å². The third-order valence-electron chi connectivity index (χ3n) is 4.11. The lowest BCUT2D eigenvalue weighted by molar-refractivity contribution is -0.190. The average Bonchev–Trinajstić information content (AvgIpc) is 2.94. The summed E-state index contributed by atoms with van der Waals surface area (Å²) in [5.74, 6) is -15.6. The highest BCUT2D eigenvalue weighted by atomic mass is 16.6. The molecule has 0 aliphatic heterocycles. The van der Waals surface area contributed by atoms with E-state index in [1.54, 1.807) is 0 Å². The van der Waals surface area contributed by atoms with E-state index < -0.39 is 91.2 Å². The van der Waals surface area contributed by atoms with E-state index in [1.165, 1.54) is 0 Å². The van der Waals surface area contributed by atoms with Crippen LogP contribution in [0, 0.1) is 0 Å². The standard InChI is InChI=1S/C25H22O20/c26-15(27)1-6-20(36)41-11-13(43-22(38)8-3-17(30)31)25(45-24(40)10-5-19(34)35)14(44-23(39)9-4-18(32)33)12-42-21(37)7-2-16(28)29/h1-10,13-14,25H,11-12H2,(H,26,27)(H,28,29)(H,30,31)(H,32,33)(H,34,35)/t13-,14+,25?. The van der Waals surface area contributed by atoms with Crippen molar-refractivity contribution in [1.29, 1.82) is 0 Å². The molecule has 0 rings (SSSR count). The molecule has 0 saturated heterocycles. The van der Waals surface area contributed by atoms with Gasteiger partial charge in [0.2, 0.25) is 0 Å². The van der Waals surface area contributed by atoms with Gasteiger partial charge in [0.15, 0.2) is 18.3 Å². The van der Waals surface area contributed by atoms with Crippen LogP contribution in [0.4, 0.5) is 0 Å². The van der Waals surface area contributed by atoms with Gasteiger partial charge >= 0.3 is 59.7 Å². The monoisotopic (exact) mass is 642 g/mol. The van der Waals surface area contributed by atoms with Gasteiger partial charge in [-0.25, -0.2) is 47.9 Å². The zero-order chi connectivity index (χ0) is 34.5. The van der Waals surface area contributed by atoms with Crippen LogP contribution in [0.1, 0.15) is 0 Å². The summed E-state index contributed by atoms with van der Waals surface area (Å²) in [6.07, 6.45) is -3.41. The number of carboxylic acid groups (broad SMARTS) is 5. The van der Waals surface area contributed by atoms with Crippen molar-refractivity contribution >= 4 is 59.7 Å². The van der Waals surface area contributed by atoms with Crippen LogP contribution in [0.5, 0.6) is 0 Å². The second kappa shape index (κ2) is 20.3. The Hall–Kier alpha value is -6.60. The number of rotatable bonds is 19. The van der Waals surface area contributed by atoms with Crippen molar-refractivity contribution in [1.82, 2.24) is 0 Å². The van der Waals surface area contributed by atoms with Crippen LogP contribution >= 0.6 is 0 Å². The zero-order valence-corrected chi connectivity index (χ0v) is 22.3. The van der Waals surface area contributed by atoms with Crippen molar-refractivity contribution in [2.45, 2.75) is 18.3 Å². The first-order chi connectivity index (χ1) is 21.0. The topological polar surface area (TPSA) is 318 Å². The molecule has 0 aliphatic rings. The average molecular weight is 642 g/mol. The number of carboxylic acids is 5. The molecule has 0 radical (unpaired) electrons. The summed E-state index contributed by atoms with van der Waals surface area (Å²) >= 11 is 0. The molecule has 0 aromatic carbocycles. The lowest BCUT2D eigenvalue weighted by atomic mass is 10.1. The molecule has 20 heteroatoms. The van der Waals surface area contributed by atoms with E-state index >= 15 is 0 Å². The predicted molar refractivity (Wildman–Crippen MR) is 135 cm³/mol. The Morgan fingerprint density at radius 1 is 0.378 bits per heavy atom. The molecule has 3 atom stereocenters. The zero-order valence-electron chi connectivity index (χ0n) is 22.3. The van der Waals surface area contributed by atoms with Crippen molar-refractivity contribution in [2.75, 3.05) is 13.2 Å². The Bertz CT molecular complexity index is 1250. The van der Waals surface area contributed by atoms with Gasteiger partial charge in [0.05, 0.1) is 0 Å². The second-order valence-corrected chi connectivity index (χ2v) is 7.47. The summed E-state index contributed by atoms with van der Waals surface area (Å²) in [6, 6.07) is 0. The number of hydrogen-bond donors (Lipinski definition) is 5. The minimum absolute atomic E-state index is 0.264. The maximum Gasteiger partial charge on any atom is 0.331 e. The molecule has 0 aromatic heterocycles. The van der Waals surface area contributed by atoms with Crippen LogP contribution in [0.25, 0.3) is 0 Å². The Morgan fingerprint density at radius 3 is 0.889 bits per heavy atom. The van der Waals surface area contributed by atoms with Gasteiger partial charge < -0.3 is 49.2 Å². The van der Waals surface area contributed by atoms with E-state index in [0.717, 1.165) is 0 Å². The second-order valence-electron chi connectivity index (χ2n) is 7.47. The van der Waals surface area contributed by atoms with E-state index in [4.69, 9.17) is 49.2 Å². The number of ether oxygens (including phenoxy) is 5. The quantitative estimate of drug-likeness (QED) is 0.0578. The third kappa shape index (κ3) is 20.0. The Morgan fingerprint density at radius 2 is 0.622 bits per heavy atom. The van der Waals surface area contributed by atoms with Crippen LogP contribution in [0.15, 0.2) is 60.8 Å². The fourth-order valence-electron chi connectivity index (χ4n) is 2.45. The fourth-order valence-corrected chi connectivity index (χ4v) is 2.45. The molecule has 0 fully saturated rings. The molecule has 0 aliphatic carbocycles. The molecule has 242 valence electrons. The molecule has 1 unspecified atom stereocenters. The largest absolute Gasteiger partial charge is 0.478 e. The first-order valence-electron chi connectivity index (χ1n) is 11.5. The molecular weight excluding hydrogens is 620 g/mol. The summed E-state index contributed by atoms with van der Waals surface area (Å²) in [4.78, 5) is 115. The van der Waals surface area contributed by atoms with Crippen molar-refractivity contribution in [3.8, 4) is 0 Å². The highest BCUT2D eigenvalue weighted by Gasteiger charge is 2.39. The number of aliphatic carboxylic acids is 5. The van der Waals surface area contributed by atoms with Gasteiger partial charge in [0.25, 0.3) is 0 Å². The van der Waals surface area contributed by atoms with E-state index in [0.29, 0.717) is 42.5 Å². The van der Waals surface area contributed by atoms with Gasteiger partial charge in [0.1, 0.15) is 13.2 Å². The minimum atomic E-state index is -2.27. The highest BCUT2D eigenvalue weighted by molar-refractivity contribution is 5.93. The molecule has 0 bridgehead atoms. The molecule has 0 spiro atoms. The number of esters is 5. The number of carbonyl (C=O) groups excluding carboxylic acids is 5. The van der Waals surface area contributed by atoms with Crippen LogP contribution in [0.3, 0.4) is 0 Å². The van der Waals surface area contributed by atoms with Crippen LogP contribution in [-0.4, -0.2) is 117 Å². The number of hydrogen-bond acceptors (Lipinski definition) is 15. The molecule has 20 nitrogen and oxygen atoms in total. The van der Waals surface area contributed by atoms with E-state index in [9.17, 15) is 47.9 Å². The first kappa shape index (κ1) is 38.4. The summed E-state index contributed by atoms with van der Waals surface area (Å²) in [6.45, 7) is -2.39.